The van der Waals surface area contributed by atoms with Gasteiger partial charge in [0.25, 0.3) is 0 Å². The first kappa shape index (κ1) is 15.0. The molecule has 0 radical (unpaired) electrons. The van der Waals surface area contributed by atoms with E-state index in [-0.39, 0.29) is 12.4 Å². The van der Waals surface area contributed by atoms with Crippen LogP contribution in [0.1, 0.15) is 26.3 Å². The number of carbonyl (C=O) groups is 2. The highest BCUT2D eigenvalue weighted by Gasteiger charge is 2.12. The fraction of sp³-hybridized carbons (Fsp3) is 0.100. The van der Waals surface area contributed by atoms with E-state index in [0.717, 1.165) is 16.3 Å². The molecule has 0 unspecified atom stereocenters. The van der Waals surface area contributed by atoms with E-state index in [0.29, 0.717) is 11.1 Å². The summed E-state index contributed by atoms with van der Waals surface area (Å²) in [5.41, 5.74) is 2.07. The third-order valence-electron chi connectivity index (χ3n) is 3.69. The molecule has 0 atom stereocenters. The van der Waals surface area contributed by atoms with E-state index in [9.17, 15) is 9.59 Å². The molecule has 3 nitrogen and oxygen atoms in total. The molecule has 114 valence electrons. The molecule has 0 N–H and O–H groups in total. The minimum Gasteiger partial charge on any atom is -0.454 e. The van der Waals surface area contributed by atoms with Gasteiger partial charge < -0.3 is 4.74 Å². The third kappa shape index (κ3) is 3.46. The zero-order valence-electron chi connectivity index (χ0n) is 12.8. The number of aryl methyl sites for hydroxylation is 1. The minimum atomic E-state index is -0.490. The average molecular weight is 304 g/mol. The minimum absolute atomic E-state index is 0.209. The summed E-state index contributed by atoms with van der Waals surface area (Å²) in [6.45, 7) is 1.70. The van der Waals surface area contributed by atoms with Gasteiger partial charge in [-0.1, -0.05) is 60.2 Å². The van der Waals surface area contributed by atoms with Crippen molar-refractivity contribution in [1.29, 1.82) is 0 Å². The topological polar surface area (TPSA) is 43.4 Å². The molecule has 0 aromatic heterocycles. The first-order valence-corrected chi connectivity index (χ1v) is 7.39. The fourth-order valence-electron chi connectivity index (χ4n) is 2.35. The second-order valence-corrected chi connectivity index (χ2v) is 5.43. The standard InChI is InChI=1S/C20H16O3/c1-14-6-8-16(9-7-14)19(21)13-23-20(22)18-11-10-15-4-2-3-5-17(15)12-18/h2-12H,13H2,1H3. The summed E-state index contributed by atoms with van der Waals surface area (Å²) in [5.74, 6) is -0.699. The lowest BCUT2D eigenvalue weighted by Crippen LogP contribution is -2.14. The van der Waals surface area contributed by atoms with E-state index >= 15 is 0 Å². The van der Waals surface area contributed by atoms with Crippen LogP contribution in [0.25, 0.3) is 10.8 Å². The third-order valence-corrected chi connectivity index (χ3v) is 3.69. The molecular weight excluding hydrogens is 288 g/mol. The molecule has 3 rings (SSSR count). The molecular formula is C20H16O3. The first-order chi connectivity index (χ1) is 11.1. The van der Waals surface area contributed by atoms with Crippen LogP contribution in [0.4, 0.5) is 0 Å². The number of hydrogen-bond acceptors (Lipinski definition) is 3. The zero-order valence-corrected chi connectivity index (χ0v) is 12.8. The van der Waals surface area contributed by atoms with Crippen LogP contribution in [0, 0.1) is 6.92 Å². The Kier molecular flexibility index (Phi) is 4.20. The number of benzene rings is 3. The molecule has 0 aliphatic rings. The molecule has 3 aromatic rings. The van der Waals surface area contributed by atoms with Crippen molar-refractivity contribution in [3.63, 3.8) is 0 Å². The van der Waals surface area contributed by atoms with Crippen LogP contribution in [-0.2, 0) is 4.74 Å². The number of Topliss-reactive ketones (excluding diaryl/α,β-unsaturated/α-hetero) is 1. The van der Waals surface area contributed by atoms with Gasteiger partial charge in [0.05, 0.1) is 5.56 Å². The highest BCUT2D eigenvalue weighted by molar-refractivity contribution is 6.00. The van der Waals surface area contributed by atoms with Gasteiger partial charge in [-0.15, -0.1) is 0 Å². The summed E-state index contributed by atoms with van der Waals surface area (Å²) in [6.07, 6.45) is 0. The van der Waals surface area contributed by atoms with Crippen LogP contribution < -0.4 is 0 Å². The molecule has 0 amide bonds. The summed E-state index contributed by atoms with van der Waals surface area (Å²) in [6, 6.07) is 20.3. The molecule has 0 heterocycles. The maximum Gasteiger partial charge on any atom is 0.338 e. The van der Waals surface area contributed by atoms with E-state index in [4.69, 9.17) is 4.74 Å². The van der Waals surface area contributed by atoms with Crippen molar-refractivity contribution in [2.75, 3.05) is 6.61 Å². The normalized spacial score (nSPS) is 10.5. The number of ketones is 1. The number of esters is 1. The molecule has 0 fully saturated rings. The Labute approximate surface area is 134 Å². The molecule has 0 saturated heterocycles. The number of hydrogen-bond donors (Lipinski definition) is 0. The van der Waals surface area contributed by atoms with Gasteiger partial charge in [0, 0.05) is 5.56 Å². The average Bonchev–Trinajstić information content (AvgIpc) is 2.59. The summed E-state index contributed by atoms with van der Waals surface area (Å²) in [5, 5.41) is 2.02. The van der Waals surface area contributed by atoms with Crippen LogP contribution in [0.2, 0.25) is 0 Å². The van der Waals surface area contributed by atoms with Crippen molar-refractivity contribution in [2.24, 2.45) is 0 Å². The Morgan fingerprint density at radius 3 is 2.22 bits per heavy atom. The Balaban J connectivity index is 1.68. The van der Waals surface area contributed by atoms with Gasteiger partial charge in [-0.25, -0.2) is 4.79 Å². The van der Waals surface area contributed by atoms with E-state index in [2.05, 4.69) is 0 Å². The molecule has 0 saturated carbocycles. The fourth-order valence-corrected chi connectivity index (χ4v) is 2.35. The monoisotopic (exact) mass is 304 g/mol. The first-order valence-electron chi connectivity index (χ1n) is 7.39. The van der Waals surface area contributed by atoms with Gasteiger partial charge >= 0.3 is 5.97 Å². The predicted octanol–water partition coefficient (Wildman–Crippen LogP) is 4.19. The summed E-state index contributed by atoms with van der Waals surface area (Å²) >= 11 is 0. The van der Waals surface area contributed by atoms with Gasteiger partial charge in [-0.2, -0.15) is 0 Å². The van der Waals surface area contributed by atoms with Gasteiger partial charge in [-0.05, 0) is 29.8 Å². The lowest BCUT2D eigenvalue weighted by Gasteiger charge is -2.06. The SMILES string of the molecule is Cc1ccc(C(=O)COC(=O)c2ccc3ccccc3c2)cc1. The van der Waals surface area contributed by atoms with Crippen molar-refractivity contribution in [1.82, 2.24) is 0 Å². The van der Waals surface area contributed by atoms with Crippen molar-refractivity contribution in [3.05, 3.63) is 83.4 Å². The number of carbonyl (C=O) groups excluding carboxylic acids is 2. The second-order valence-electron chi connectivity index (χ2n) is 5.43. The van der Waals surface area contributed by atoms with Crippen molar-refractivity contribution < 1.29 is 14.3 Å². The molecule has 0 aliphatic heterocycles. The molecule has 3 heteroatoms. The van der Waals surface area contributed by atoms with E-state index < -0.39 is 5.97 Å². The lowest BCUT2D eigenvalue weighted by molar-refractivity contribution is 0.0475. The highest BCUT2D eigenvalue weighted by Crippen LogP contribution is 2.16. The van der Waals surface area contributed by atoms with Crippen LogP contribution in [0.5, 0.6) is 0 Å². The molecule has 0 aliphatic carbocycles. The van der Waals surface area contributed by atoms with Crippen LogP contribution in [-0.4, -0.2) is 18.4 Å². The van der Waals surface area contributed by atoms with E-state index in [1.54, 1.807) is 24.3 Å². The highest BCUT2D eigenvalue weighted by atomic mass is 16.5. The summed E-state index contributed by atoms with van der Waals surface area (Å²) in [4.78, 5) is 24.1. The number of ether oxygens (including phenoxy) is 1. The maximum absolute atomic E-state index is 12.1. The van der Waals surface area contributed by atoms with Crippen molar-refractivity contribution >= 4 is 22.5 Å². The quantitative estimate of drug-likeness (QED) is 0.536. The van der Waals surface area contributed by atoms with Gasteiger partial charge in [-0.3, -0.25) is 4.79 Å². The van der Waals surface area contributed by atoms with Crippen LogP contribution in [0.15, 0.2) is 66.7 Å². The molecule has 3 aromatic carbocycles. The maximum atomic E-state index is 12.1. The predicted molar refractivity (Wildman–Crippen MR) is 89.7 cm³/mol. The summed E-state index contributed by atoms with van der Waals surface area (Å²) < 4.78 is 5.13. The van der Waals surface area contributed by atoms with E-state index in [1.807, 2.05) is 49.4 Å². The number of rotatable bonds is 4. The zero-order chi connectivity index (χ0) is 16.2. The summed E-state index contributed by atoms with van der Waals surface area (Å²) in [7, 11) is 0. The van der Waals surface area contributed by atoms with Gasteiger partial charge in [0.2, 0.25) is 0 Å². The number of fused-ring (bicyclic) bond motifs is 1. The van der Waals surface area contributed by atoms with E-state index in [1.165, 1.54) is 0 Å². The van der Waals surface area contributed by atoms with Crippen LogP contribution >= 0.6 is 0 Å². The Morgan fingerprint density at radius 2 is 1.48 bits per heavy atom. The Morgan fingerprint density at radius 1 is 0.826 bits per heavy atom. The Hall–Kier alpha value is -2.94. The molecule has 0 bridgehead atoms. The van der Waals surface area contributed by atoms with Gasteiger partial charge in [0.1, 0.15) is 0 Å². The van der Waals surface area contributed by atoms with Crippen molar-refractivity contribution in [2.45, 2.75) is 6.92 Å². The van der Waals surface area contributed by atoms with Gasteiger partial charge in [0.15, 0.2) is 12.4 Å². The van der Waals surface area contributed by atoms with Crippen LogP contribution in [0.3, 0.4) is 0 Å². The Bertz CT molecular complexity index is 863. The largest absolute Gasteiger partial charge is 0.454 e. The molecule has 23 heavy (non-hydrogen) atoms. The van der Waals surface area contributed by atoms with Crippen molar-refractivity contribution in [3.8, 4) is 0 Å². The lowest BCUT2D eigenvalue weighted by atomic mass is 10.1. The smallest absolute Gasteiger partial charge is 0.338 e. The molecule has 0 spiro atoms. The second kappa shape index (κ2) is 6.44.